The van der Waals surface area contributed by atoms with Crippen molar-refractivity contribution in [3.05, 3.63) is 17.2 Å². The summed E-state index contributed by atoms with van der Waals surface area (Å²) in [7, 11) is 0. The molecule has 0 fully saturated rings. The highest BCUT2D eigenvalue weighted by atomic mass is 32.1. The lowest BCUT2D eigenvalue weighted by Gasteiger charge is -2.12. The summed E-state index contributed by atoms with van der Waals surface area (Å²) in [6, 6.07) is -0.312. The minimum atomic E-state index is -0.285. The zero-order valence-electron chi connectivity index (χ0n) is 10.8. The Kier molecular flexibility index (Phi) is 4.86. The second-order valence-corrected chi connectivity index (χ2v) is 5.58. The molecule has 0 aliphatic heterocycles. The maximum Gasteiger partial charge on any atom is 0.321 e. The fourth-order valence-corrected chi connectivity index (χ4v) is 2.77. The van der Waals surface area contributed by atoms with Crippen LogP contribution in [-0.4, -0.2) is 34.0 Å². The number of carbonyl (C=O) groups is 1. The van der Waals surface area contributed by atoms with Crippen molar-refractivity contribution in [2.75, 3.05) is 11.9 Å². The fourth-order valence-electron chi connectivity index (χ4n) is 1.94. The molecule has 19 heavy (non-hydrogen) atoms. The van der Waals surface area contributed by atoms with Gasteiger partial charge in [-0.15, -0.1) is 10.2 Å². The van der Waals surface area contributed by atoms with E-state index in [1.165, 1.54) is 11.3 Å². The minimum Gasteiger partial charge on any atom is -0.396 e. The largest absolute Gasteiger partial charge is 0.396 e. The predicted octanol–water partition coefficient (Wildman–Crippen LogP) is 1.55. The lowest BCUT2D eigenvalue weighted by molar-refractivity contribution is 0.238. The molecule has 1 aromatic rings. The number of rotatable bonds is 5. The van der Waals surface area contributed by atoms with Gasteiger partial charge in [-0.2, -0.15) is 0 Å². The van der Waals surface area contributed by atoms with E-state index in [2.05, 4.69) is 27.8 Å². The summed E-state index contributed by atoms with van der Waals surface area (Å²) in [5, 5.41) is 23.9. The Balaban J connectivity index is 1.79. The molecular formula is C12H18N4O2S. The van der Waals surface area contributed by atoms with Crippen LogP contribution in [-0.2, 0) is 6.42 Å². The Hall–Kier alpha value is -1.47. The Bertz CT molecular complexity index is 460. The summed E-state index contributed by atoms with van der Waals surface area (Å²) in [4.78, 5) is 11.8. The van der Waals surface area contributed by atoms with Crippen LogP contribution in [0.3, 0.4) is 0 Å². The Morgan fingerprint density at radius 1 is 1.53 bits per heavy atom. The molecule has 0 saturated carbocycles. The molecule has 0 radical (unpaired) electrons. The van der Waals surface area contributed by atoms with E-state index in [1.54, 1.807) is 0 Å². The van der Waals surface area contributed by atoms with E-state index in [4.69, 9.17) is 5.11 Å². The van der Waals surface area contributed by atoms with Gasteiger partial charge in [-0.25, -0.2) is 4.79 Å². The van der Waals surface area contributed by atoms with Crippen molar-refractivity contribution in [3.63, 3.8) is 0 Å². The molecule has 0 spiro atoms. The molecule has 2 amide bonds. The molecule has 7 heteroatoms. The number of aromatic nitrogens is 2. The summed E-state index contributed by atoms with van der Waals surface area (Å²) in [5.74, 6) is 0.142. The van der Waals surface area contributed by atoms with Crippen LogP contribution in [0.1, 0.15) is 24.8 Å². The number of hydrogen-bond donors (Lipinski definition) is 3. The molecule has 0 aromatic carbocycles. The van der Waals surface area contributed by atoms with Crippen LogP contribution in [0.2, 0.25) is 0 Å². The highest BCUT2D eigenvalue weighted by Crippen LogP contribution is 2.18. The summed E-state index contributed by atoms with van der Waals surface area (Å²) >= 11 is 1.40. The van der Waals surface area contributed by atoms with E-state index in [1.807, 2.05) is 12.2 Å². The van der Waals surface area contributed by atoms with Crippen molar-refractivity contribution in [1.29, 1.82) is 0 Å². The van der Waals surface area contributed by atoms with Crippen LogP contribution in [0.25, 0.3) is 0 Å². The van der Waals surface area contributed by atoms with Crippen LogP contribution >= 0.6 is 11.3 Å². The van der Waals surface area contributed by atoms with Gasteiger partial charge in [0.1, 0.15) is 5.01 Å². The average molecular weight is 282 g/mol. The van der Waals surface area contributed by atoms with E-state index >= 15 is 0 Å². The van der Waals surface area contributed by atoms with Crippen molar-refractivity contribution in [1.82, 2.24) is 15.5 Å². The summed E-state index contributed by atoms with van der Waals surface area (Å²) in [5.41, 5.74) is 0. The third-order valence-electron chi connectivity index (χ3n) is 2.87. The zero-order valence-corrected chi connectivity index (χ0v) is 11.6. The number of aliphatic hydroxyl groups excluding tert-OH is 1. The molecule has 6 nitrogen and oxygen atoms in total. The van der Waals surface area contributed by atoms with Gasteiger partial charge in [0.15, 0.2) is 0 Å². The first-order valence-electron chi connectivity index (χ1n) is 6.40. The third kappa shape index (κ3) is 4.00. The van der Waals surface area contributed by atoms with Crippen LogP contribution in [0, 0.1) is 5.92 Å². The van der Waals surface area contributed by atoms with E-state index < -0.39 is 0 Å². The normalized spacial score (nSPS) is 21.6. The lowest BCUT2D eigenvalue weighted by Crippen LogP contribution is -2.36. The molecule has 1 aliphatic rings. The molecule has 0 unspecified atom stereocenters. The highest BCUT2D eigenvalue weighted by Gasteiger charge is 2.20. The molecular weight excluding hydrogens is 264 g/mol. The number of hydrogen-bond acceptors (Lipinski definition) is 5. The predicted molar refractivity (Wildman–Crippen MR) is 74.2 cm³/mol. The molecule has 104 valence electrons. The van der Waals surface area contributed by atoms with Gasteiger partial charge in [0.05, 0.1) is 0 Å². The molecule has 1 aromatic heterocycles. The van der Waals surface area contributed by atoms with Crippen LogP contribution in [0.4, 0.5) is 9.93 Å². The van der Waals surface area contributed by atoms with Crippen LogP contribution < -0.4 is 10.6 Å². The summed E-state index contributed by atoms with van der Waals surface area (Å²) < 4.78 is 0. The van der Waals surface area contributed by atoms with E-state index in [-0.39, 0.29) is 24.6 Å². The van der Waals surface area contributed by atoms with Crippen molar-refractivity contribution < 1.29 is 9.90 Å². The van der Waals surface area contributed by atoms with Gasteiger partial charge in [-0.1, -0.05) is 30.4 Å². The average Bonchev–Trinajstić information content (AvgIpc) is 2.99. The topological polar surface area (TPSA) is 87.1 Å². The van der Waals surface area contributed by atoms with Crippen molar-refractivity contribution in [2.24, 2.45) is 5.92 Å². The van der Waals surface area contributed by atoms with Crippen molar-refractivity contribution in [2.45, 2.75) is 32.2 Å². The first-order chi connectivity index (χ1) is 9.21. The number of aryl methyl sites for hydroxylation is 1. The fraction of sp³-hybridized carbons (Fsp3) is 0.583. The first kappa shape index (κ1) is 14.0. The first-order valence-corrected chi connectivity index (χ1v) is 7.22. The standard InChI is InChI=1S/C12H18N4O2S/c1-2-3-10-15-16-12(19-10)14-11(18)13-9-5-4-8(6-9)7-17/h4-5,8-9,17H,2-3,6-7H2,1H3,(H2,13,14,16,18)/t8-,9+/m0/s1. The lowest BCUT2D eigenvalue weighted by atomic mass is 10.1. The smallest absolute Gasteiger partial charge is 0.321 e. The number of amides is 2. The third-order valence-corrected chi connectivity index (χ3v) is 3.77. The number of nitrogens with zero attached hydrogens (tertiary/aromatic N) is 2. The number of nitrogens with one attached hydrogen (secondary N) is 2. The number of carbonyl (C=O) groups excluding carboxylic acids is 1. The van der Waals surface area contributed by atoms with Gasteiger partial charge in [0.2, 0.25) is 5.13 Å². The van der Waals surface area contributed by atoms with Crippen molar-refractivity contribution in [3.8, 4) is 0 Å². The van der Waals surface area contributed by atoms with E-state index in [0.717, 1.165) is 24.3 Å². The number of anilines is 1. The Labute approximate surface area is 115 Å². The van der Waals surface area contributed by atoms with E-state index in [9.17, 15) is 4.79 Å². The molecule has 0 saturated heterocycles. The molecule has 3 N–H and O–H groups in total. The summed E-state index contributed by atoms with van der Waals surface area (Å²) in [6.45, 7) is 2.19. The monoisotopic (exact) mass is 282 g/mol. The SMILES string of the molecule is CCCc1nnc(NC(=O)N[C@@H]2C=C[C@H](CO)C2)s1. The molecule has 2 atom stereocenters. The second-order valence-electron chi connectivity index (χ2n) is 4.52. The highest BCUT2D eigenvalue weighted by molar-refractivity contribution is 7.15. The van der Waals surface area contributed by atoms with Crippen LogP contribution in [0.15, 0.2) is 12.2 Å². The molecule has 1 aliphatic carbocycles. The quantitative estimate of drug-likeness (QED) is 0.715. The second kappa shape index (κ2) is 6.63. The van der Waals surface area contributed by atoms with Gasteiger partial charge in [-0.05, 0) is 12.8 Å². The minimum absolute atomic E-state index is 0.0276. The number of urea groups is 1. The van der Waals surface area contributed by atoms with Gasteiger partial charge in [-0.3, -0.25) is 5.32 Å². The van der Waals surface area contributed by atoms with Gasteiger partial charge in [0, 0.05) is 25.0 Å². The van der Waals surface area contributed by atoms with E-state index in [0.29, 0.717) is 5.13 Å². The summed E-state index contributed by atoms with van der Waals surface area (Å²) in [6.07, 6.45) is 6.46. The maximum atomic E-state index is 11.8. The zero-order chi connectivity index (χ0) is 13.7. The van der Waals surface area contributed by atoms with Gasteiger partial charge in [0.25, 0.3) is 0 Å². The van der Waals surface area contributed by atoms with Gasteiger partial charge < -0.3 is 10.4 Å². The van der Waals surface area contributed by atoms with Crippen molar-refractivity contribution >= 4 is 22.5 Å². The number of aliphatic hydroxyl groups is 1. The maximum absolute atomic E-state index is 11.8. The molecule has 1 heterocycles. The Morgan fingerprint density at radius 2 is 2.37 bits per heavy atom. The molecule has 2 rings (SSSR count). The van der Waals surface area contributed by atoms with Gasteiger partial charge >= 0.3 is 6.03 Å². The molecule has 0 bridgehead atoms. The Morgan fingerprint density at radius 3 is 3.05 bits per heavy atom. The van der Waals surface area contributed by atoms with Crippen LogP contribution in [0.5, 0.6) is 0 Å².